The Balaban J connectivity index is 1.03. The highest BCUT2D eigenvalue weighted by atomic mass is 16.3. The van der Waals surface area contributed by atoms with Gasteiger partial charge >= 0.3 is 0 Å². The fourth-order valence-corrected chi connectivity index (χ4v) is 11.1. The first-order valence-electron chi connectivity index (χ1n) is 23.1. The van der Waals surface area contributed by atoms with E-state index in [1.807, 2.05) is 6.07 Å². The number of furan rings is 1. The van der Waals surface area contributed by atoms with Gasteiger partial charge in [-0.25, -0.2) is 0 Å². The normalized spacial score (nSPS) is 12.6. The molecule has 0 N–H and O–H groups in total. The number of para-hydroxylation sites is 2. The summed E-state index contributed by atoms with van der Waals surface area (Å²) in [4.78, 5) is 2.49. The largest absolute Gasteiger partial charge is 0.456 e. The molecule has 0 atom stereocenters. The highest BCUT2D eigenvalue weighted by molar-refractivity contribution is 6.14. The van der Waals surface area contributed by atoms with Crippen molar-refractivity contribution in [2.75, 3.05) is 4.90 Å². The molecule has 0 spiro atoms. The minimum Gasteiger partial charge on any atom is -0.456 e. The molecule has 314 valence electrons. The van der Waals surface area contributed by atoms with Crippen LogP contribution >= 0.6 is 0 Å². The minimum absolute atomic E-state index is 0.543. The minimum atomic E-state index is -0.543. The zero-order valence-electron chi connectivity index (χ0n) is 36.7. The SMILES string of the molecule is c1ccc(C2(c3ccccc3)c3ccccc3-c3c(N(c4ccc(-c5ccc(-c6cccc7ccccc67)cc5)cc4)c4ccccc4-c4cccc5oc6ccccc6c45)cccc32)cc1. The van der Waals surface area contributed by atoms with E-state index in [9.17, 15) is 0 Å². The van der Waals surface area contributed by atoms with Gasteiger partial charge in [0.25, 0.3) is 0 Å². The van der Waals surface area contributed by atoms with E-state index in [2.05, 4.69) is 260 Å². The molecule has 0 unspecified atom stereocenters. The second-order valence-electron chi connectivity index (χ2n) is 17.5. The van der Waals surface area contributed by atoms with Crippen LogP contribution in [0.3, 0.4) is 0 Å². The van der Waals surface area contributed by atoms with E-state index in [4.69, 9.17) is 4.42 Å². The van der Waals surface area contributed by atoms with Crippen LogP contribution in [-0.4, -0.2) is 0 Å². The smallest absolute Gasteiger partial charge is 0.136 e. The number of hydrogen-bond donors (Lipinski definition) is 0. The molecule has 0 fully saturated rings. The summed E-state index contributed by atoms with van der Waals surface area (Å²) in [6, 6.07) is 95.1. The van der Waals surface area contributed by atoms with Gasteiger partial charge in [0.15, 0.2) is 0 Å². The van der Waals surface area contributed by atoms with Crippen LogP contribution in [0.4, 0.5) is 17.1 Å². The van der Waals surface area contributed by atoms with Crippen LogP contribution in [0.2, 0.25) is 0 Å². The lowest BCUT2D eigenvalue weighted by Crippen LogP contribution is -2.28. The molecule has 0 radical (unpaired) electrons. The molecule has 1 aliphatic carbocycles. The van der Waals surface area contributed by atoms with Gasteiger partial charge < -0.3 is 9.32 Å². The fourth-order valence-electron chi connectivity index (χ4n) is 11.1. The maximum atomic E-state index is 6.48. The quantitative estimate of drug-likeness (QED) is 0.151. The molecular weight excluding hydrogens is 811 g/mol. The molecule has 0 saturated heterocycles. The van der Waals surface area contributed by atoms with Gasteiger partial charge in [0, 0.05) is 27.6 Å². The van der Waals surface area contributed by atoms with E-state index in [1.54, 1.807) is 0 Å². The van der Waals surface area contributed by atoms with Crippen molar-refractivity contribution in [2.45, 2.75) is 5.41 Å². The summed E-state index contributed by atoms with van der Waals surface area (Å²) in [6.45, 7) is 0. The summed E-state index contributed by atoms with van der Waals surface area (Å²) < 4.78 is 6.48. The number of fused-ring (bicyclic) bond motifs is 7. The number of hydrogen-bond acceptors (Lipinski definition) is 2. The van der Waals surface area contributed by atoms with E-state index in [-0.39, 0.29) is 0 Å². The Kier molecular flexibility index (Phi) is 9.11. The number of rotatable bonds is 8. The molecule has 2 nitrogen and oxygen atoms in total. The molecule has 0 amide bonds. The van der Waals surface area contributed by atoms with E-state index in [0.717, 1.165) is 55.7 Å². The van der Waals surface area contributed by atoms with E-state index < -0.39 is 5.41 Å². The maximum Gasteiger partial charge on any atom is 0.136 e. The van der Waals surface area contributed by atoms with Crippen molar-refractivity contribution in [3.63, 3.8) is 0 Å². The first-order chi connectivity index (χ1) is 33.3. The predicted octanol–water partition coefficient (Wildman–Crippen LogP) is 17.6. The Labute approximate surface area is 390 Å². The van der Waals surface area contributed by atoms with Crippen LogP contribution < -0.4 is 4.90 Å². The van der Waals surface area contributed by atoms with Crippen LogP contribution in [0.5, 0.6) is 0 Å². The number of nitrogens with zero attached hydrogens (tertiary/aromatic N) is 1. The number of anilines is 3. The van der Waals surface area contributed by atoms with Gasteiger partial charge in [0.2, 0.25) is 0 Å². The summed E-state index contributed by atoms with van der Waals surface area (Å²) >= 11 is 0. The molecule has 13 rings (SSSR count). The summed E-state index contributed by atoms with van der Waals surface area (Å²) in [5.41, 5.74) is 19.0. The van der Waals surface area contributed by atoms with Crippen LogP contribution in [0, 0.1) is 0 Å². The molecule has 1 heterocycles. The van der Waals surface area contributed by atoms with Gasteiger partial charge in [0.1, 0.15) is 11.2 Å². The van der Waals surface area contributed by atoms with Crippen LogP contribution in [0.1, 0.15) is 22.3 Å². The molecule has 12 aromatic rings. The standard InChI is InChI=1S/C65H43NO/c1-3-20-48(21-4-1)65(49-22-5-2-6-23-49)57-30-12-9-26-55(57)64-58(65)31-17-33-60(64)66(59-32-13-10-25-53(59)54-29-16-35-62-63(54)56-27-11-14-34-61(56)67-62)50-42-40-45(41-43-50)44-36-38-47(39-37-44)52-28-15-19-46-18-7-8-24-51(46)52/h1-43H. The van der Waals surface area contributed by atoms with Crippen molar-refractivity contribution in [3.8, 4) is 44.5 Å². The Morgan fingerprint density at radius 2 is 0.821 bits per heavy atom. The van der Waals surface area contributed by atoms with Gasteiger partial charge in [-0.15, -0.1) is 0 Å². The summed E-state index contributed by atoms with van der Waals surface area (Å²) in [5, 5.41) is 4.73. The number of benzene rings is 11. The Hall–Kier alpha value is -8.72. The molecule has 67 heavy (non-hydrogen) atoms. The first kappa shape index (κ1) is 38.7. The summed E-state index contributed by atoms with van der Waals surface area (Å²) in [5.74, 6) is 0. The van der Waals surface area contributed by atoms with Crippen molar-refractivity contribution < 1.29 is 4.42 Å². The molecular formula is C65H43NO. The average Bonchev–Trinajstić information content (AvgIpc) is 3.94. The zero-order valence-corrected chi connectivity index (χ0v) is 36.7. The monoisotopic (exact) mass is 853 g/mol. The fraction of sp³-hybridized carbons (Fsp3) is 0.0154. The van der Waals surface area contributed by atoms with Crippen molar-refractivity contribution >= 4 is 49.8 Å². The molecule has 11 aromatic carbocycles. The lowest BCUT2D eigenvalue weighted by atomic mass is 9.68. The molecule has 1 aliphatic rings. The lowest BCUT2D eigenvalue weighted by Gasteiger charge is -2.34. The van der Waals surface area contributed by atoms with Crippen LogP contribution in [-0.2, 0) is 5.41 Å². The highest BCUT2D eigenvalue weighted by Crippen LogP contribution is 2.60. The average molecular weight is 854 g/mol. The van der Waals surface area contributed by atoms with Gasteiger partial charge in [-0.1, -0.05) is 224 Å². The first-order valence-corrected chi connectivity index (χ1v) is 23.1. The highest BCUT2D eigenvalue weighted by Gasteiger charge is 2.47. The Bertz CT molecular complexity index is 3750. The second kappa shape index (κ2) is 15.8. The Morgan fingerprint density at radius 1 is 0.313 bits per heavy atom. The van der Waals surface area contributed by atoms with Gasteiger partial charge in [0.05, 0.1) is 16.8 Å². The van der Waals surface area contributed by atoms with Gasteiger partial charge in [-0.2, -0.15) is 0 Å². The molecule has 0 bridgehead atoms. The van der Waals surface area contributed by atoms with E-state index in [1.165, 1.54) is 60.8 Å². The zero-order chi connectivity index (χ0) is 44.3. The topological polar surface area (TPSA) is 16.4 Å². The third kappa shape index (κ3) is 6.11. The van der Waals surface area contributed by atoms with Crippen molar-refractivity contribution in [1.29, 1.82) is 0 Å². The third-order valence-corrected chi connectivity index (χ3v) is 14.0. The lowest BCUT2D eigenvalue weighted by molar-refractivity contribution is 0.669. The predicted molar refractivity (Wildman–Crippen MR) is 280 cm³/mol. The third-order valence-electron chi connectivity index (χ3n) is 14.0. The Morgan fingerprint density at radius 3 is 1.60 bits per heavy atom. The maximum absolute atomic E-state index is 6.48. The van der Waals surface area contributed by atoms with Crippen LogP contribution in [0.25, 0.3) is 77.2 Å². The van der Waals surface area contributed by atoms with Crippen molar-refractivity contribution in [2.24, 2.45) is 0 Å². The molecule has 0 saturated carbocycles. The summed E-state index contributed by atoms with van der Waals surface area (Å²) in [7, 11) is 0. The van der Waals surface area contributed by atoms with E-state index >= 15 is 0 Å². The van der Waals surface area contributed by atoms with Crippen molar-refractivity contribution in [3.05, 3.63) is 283 Å². The summed E-state index contributed by atoms with van der Waals surface area (Å²) in [6.07, 6.45) is 0. The van der Waals surface area contributed by atoms with Gasteiger partial charge in [-0.05, 0) is 103 Å². The van der Waals surface area contributed by atoms with E-state index in [0.29, 0.717) is 0 Å². The van der Waals surface area contributed by atoms with Gasteiger partial charge in [-0.3, -0.25) is 0 Å². The second-order valence-corrected chi connectivity index (χ2v) is 17.5. The molecule has 1 aromatic heterocycles. The van der Waals surface area contributed by atoms with Crippen LogP contribution in [0.15, 0.2) is 265 Å². The van der Waals surface area contributed by atoms with Crippen molar-refractivity contribution in [1.82, 2.24) is 0 Å². The molecule has 2 heteroatoms. The molecule has 0 aliphatic heterocycles.